The van der Waals surface area contributed by atoms with Gasteiger partial charge >= 0.3 is 0 Å². The van der Waals surface area contributed by atoms with Crippen LogP contribution >= 0.6 is 0 Å². The van der Waals surface area contributed by atoms with Crippen molar-refractivity contribution < 1.29 is 14.4 Å². The van der Waals surface area contributed by atoms with Crippen molar-refractivity contribution in [3.05, 3.63) is 24.4 Å². The molecule has 0 fully saturated rings. The third-order valence-electron chi connectivity index (χ3n) is 5.66. The Kier molecular flexibility index (Phi) is 14.1. The normalized spacial score (nSPS) is 16.8. The Hall–Kier alpha value is -1.71. The molecular formula is C25H41NO3. The molecule has 29 heavy (non-hydrogen) atoms. The summed E-state index contributed by atoms with van der Waals surface area (Å²) in [5.41, 5.74) is 0.321. The highest BCUT2D eigenvalue weighted by Crippen LogP contribution is 2.21. The number of Topliss-reactive ketones (excluding diaryl/α,β-unsaturated/α-hetero) is 2. The zero-order valence-electron chi connectivity index (χ0n) is 18.5. The third-order valence-corrected chi connectivity index (χ3v) is 5.66. The van der Waals surface area contributed by atoms with Crippen molar-refractivity contribution in [1.82, 2.24) is 5.32 Å². The van der Waals surface area contributed by atoms with Crippen LogP contribution in [0.1, 0.15) is 103 Å². The van der Waals surface area contributed by atoms with E-state index in [4.69, 9.17) is 0 Å². The van der Waals surface area contributed by atoms with Crippen LogP contribution in [0.15, 0.2) is 24.4 Å². The maximum absolute atomic E-state index is 12.6. The molecule has 1 N–H and O–H groups in total. The molecule has 1 atom stereocenters. The number of allylic oxidation sites excluding steroid dienone is 3. The Balaban J connectivity index is 2.21. The van der Waals surface area contributed by atoms with Gasteiger partial charge in [-0.05, 0) is 25.7 Å². The van der Waals surface area contributed by atoms with E-state index < -0.39 is 17.5 Å². The van der Waals surface area contributed by atoms with Crippen LogP contribution in [-0.4, -0.2) is 23.9 Å². The second-order valence-electron chi connectivity index (χ2n) is 8.24. The van der Waals surface area contributed by atoms with Crippen molar-refractivity contribution in [2.75, 3.05) is 6.54 Å². The first-order chi connectivity index (χ1) is 14.1. The topological polar surface area (TPSA) is 63.2 Å². The second kappa shape index (κ2) is 16.1. The minimum absolute atomic E-state index is 0.203. The Morgan fingerprint density at radius 3 is 2.00 bits per heavy atom. The Labute approximate surface area is 177 Å². The Bertz CT molecular complexity index is 550. The summed E-state index contributed by atoms with van der Waals surface area (Å²) >= 11 is 0. The summed E-state index contributed by atoms with van der Waals surface area (Å²) in [4.78, 5) is 36.7. The summed E-state index contributed by atoms with van der Waals surface area (Å²) < 4.78 is 0. The largest absolute Gasteiger partial charge is 0.382 e. The van der Waals surface area contributed by atoms with Crippen LogP contribution in [0.2, 0.25) is 0 Å². The maximum Gasteiger partial charge on any atom is 0.224 e. The van der Waals surface area contributed by atoms with E-state index in [9.17, 15) is 14.4 Å². The molecule has 0 spiro atoms. The first-order valence-corrected chi connectivity index (χ1v) is 11.8. The van der Waals surface area contributed by atoms with Crippen molar-refractivity contribution in [3.63, 3.8) is 0 Å². The number of carbonyl (C=O) groups excluding carboxylic acids is 3. The van der Waals surface area contributed by atoms with Crippen LogP contribution in [0.3, 0.4) is 0 Å². The van der Waals surface area contributed by atoms with Gasteiger partial charge in [0.15, 0.2) is 5.78 Å². The molecule has 0 bridgehead atoms. The van der Waals surface area contributed by atoms with Crippen molar-refractivity contribution in [2.24, 2.45) is 5.92 Å². The number of nitrogens with one attached hydrogen (secondary N) is 1. The fraction of sp³-hybridized carbons (Fsp3) is 0.720. The molecule has 0 amide bonds. The number of rotatable bonds is 18. The summed E-state index contributed by atoms with van der Waals surface area (Å²) in [6, 6.07) is 0. The fourth-order valence-electron chi connectivity index (χ4n) is 3.80. The third kappa shape index (κ3) is 10.6. The van der Waals surface area contributed by atoms with Gasteiger partial charge in [-0.25, -0.2) is 0 Å². The smallest absolute Gasteiger partial charge is 0.224 e. The van der Waals surface area contributed by atoms with E-state index in [-0.39, 0.29) is 5.78 Å². The lowest BCUT2D eigenvalue weighted by molar-refractivity contribution is -0.141. The van der Waals surface area contributed by atoms with Gasteiger partial charge in [-0.3, -0.25) is 14.4 Å². The van der Waals surface area contributed by atoms with E-state index in [1.807, 2.05) is 6.08 Å². The molecule has 1 rings (SSSR count). The number of ketones is 3. The molecule has 0 aliphatic heterocycles. The van der Waals surface area contributed by atoms with Crippen molar-refractivity contribution in [3.8, 4) is 0 Å². The highest BCUT2D eigenvalue weighted by Gasteiger charge is 2.36. The molecule has 0 saturated carbocycles. The SMILES string of the molecule is C=CCCCCNC1=CC(=O)C(=O)C(CCCCCCCCCCCCC)C1=O. The van der Waals surface area contributed by atoms with Crippen LogP contribution in [-0.2, 0) is 14.4 Å². The fourth-order valence-corrected chi connectivity index (χ4v) is 3.80. The van der Waals surface area contributed by atoms with Gasteiger partial charge in [-0.15, -0.1) is 6.58 Å². The van der Waals surface area contributed by atoms with Crippen molar-refractivity contribution in [1.29, 1.82) is 0 Å². The number of hydrogen-bond acceptors (Lipinski definition) is 4. The van der Waals surface area contributed by atoms with E-state index >= 15 is 0 Å². The second-order valence-corrected chi connectivity index (χ2v) is 8.24. The zero-order valence-corrected chi connectivity index (χ0v) is 18.5. The molecule has 0 aromatic rings. The predicted molar refractivity (Wildman–Crippen MR) is 120 cm³/mol. The van der Waals surface area contributed by atoms with Gasteiger partial charge in [0.1, 0.15) is 0 Å². The van der Waals surface area contributed by atoms with Gasteiger partial charge in [0.05, 0.1) is 11.6 Å². The van der Waals surface area contributed by atoms with Gasteiger partial charge in [0, 0.05) is 12.6 Å². The van der Waals surface area contributed by atoms with Gasteiger partial charge in [0.2, 0.25) is 11.6 Å². The number of unbranched alkanes of at least 4 members (excludes halogenated alkanes) is 12. The minimum Gasteiger partial charge on any atom is -0.382 e. The summed E-state index contributed by atoms with van der Waals surface area (Å²) in [7, 11) is 0. The summed E-state index contributed by atoms with van der Waals surface area (Å²) in [5, 5.41) is 3.06. The van der Waals surface area contributed by atoms with Gasteiger partial charge in [-0.1, -0.05) is 83.6 Å². The van der Waals surface area contributed by atoms with Gasteiger partial charge in [0.25, 0.3) is 0 Å². The maximum atomic E-state index is 12.6. The summed E-state index contributed by atoms with van der Waals surface area (Å²) in [5.74, 6) is -2.04. The zero-order chi connectivity index (χ0) is 21.3. The van der Waals surface area contributed by atoms with Gasteiger partial charge in [-0.2, -0.15) is 0 Å². The molecular weight excluding hydrogens is 362 g/mol. The lowest BCUT2D eigenvalue weighted by Gasteiger charge is -2.20. The average Bonchev–Trinajstić information content (AvgIpc) is 2.71. The van der Waals surface area contributed by atoms with Crippen molar-refractivity contribution in [2.45, 2.75) is 103 Å². The van der Waals surface area contributed by atoms with E-state index in [0.29, 0.717) is 18.7 Å². The molecule has 1 unspecified atom stereocenters. The molecule has 0 radical (unpaired) electrons. The molecule has 164 valence electrons. The number of hydrogen-bond donors (Lipinski definition) is 1. The highest BCUT2D eigenvalue weighted by molar-refractivity contribution is 6.49. The van der Waals surface area contributed by atoms with Crippen LogP contribution in [0.4, 0.5) is 0 Å². The molecule has 1 aliphatic carbocycles. The summed E-state index contributed by atoms with van der Waals surface area (Å²) in [6.07, 6.45) is 19.9. The van der Waals surface area contributed by atoms with Gasteiger partial charge < -0.3 is 5.32 Å². The van der Waals surface area contributed by atoms with Crippen LogP contribution in [0.25, 0.3) is 0 Å². The van der Waals surface area contributed by atoms with E-state index in [1.54, 1.807) is 0 Å². The quantitative estimate of drug-likeness (QED) is 0.135. The molecule has 4 nitrogen and oxygen atoms in total. The first kappa shape index (κ1) is 25.3. The molecule has 4 heteroatoms. The first-order valence-electron chi connectivity index (χ1n) is 11.8. The average molecular weight is 404 g/mol. The lowest BCUT2D eigenvalue weighted by Crippen LogP contribution is -2.39. The number of carbonyl (C=O) groups is 3. The van der Waals surface area contributed by atoms with Crippen LogP contribution in [0.5, 0.6) is 0 Å². The van der Waals surface area contributed by atoms with E-state index in [1.165, 1.54) is 57.4 Å². The van der Waals surface area contributed by atoms with Crippen LogP contribution in [0, 0.1) is 5.92 Å². The van der Waals surface area contributed by atoms with E-state index in [2.05, 4.69) is 18.8 Å². The molecule has 0 heterocycles. The standard InChI is InChI=1S/C25H41NO3/c1-3-5-7-9-10-11-12-13-14-15-16-18-21-24(28)22(20-23(27)25(21)29)26-19-17-8-6-4-2/h4,20-21,26H,2-3,5-19H2,1H3. The molecule has 0 aromatic heterocycles. The van der Waals surface area contributed by atoms with E-state index in [0.717, 1.165) is 38.5 Å². The predicted octanol–water partition coefficient (Wildman–Crippen LogP) is 5.85. The Morgan fingerprint density at radius 2 is 1.41 bits per heavy atom. The summed E-state index contributed by atoms with van der Waals surface area (Å²) in [6.45, 7) is 6.57. The Morgan fingerprint density at radius 1 is 0.828 bits per heavy atom. The highest BCUT2D eigenvalue weighted by atomic mass is 16.2. The molecule has 0 saturated heterocycles. The monoisotopic (exact) mass is 403 g/mol. The lowest BCUT2D eigenvalue weighted by atomic mass is 9.84. The van der Waals surface area contributed by atoms with Crippen molar-refractivity contribution >= 4 is 17.3 Å². The molecule has 0 aromatic carbocycles. The molecule has 1 aliphatic rings. The minimum atomic E-state index is -0.776. The van der Waals surface area contributed by atoms with Crippen LogP contribution < -0.4 is 5.32 Å².